The third kappa shape index (κ3) is 3.91. The third-order valence-corrected chi connectivity index (χ3v) is 2.66. The average molecular weight is 239 g/mol. The molecule has 0 heterocycles. The lowest BCUT2D eigenvalue weighted by molar-refractivity contribution is 0.176. The Morgan fingerprint density at radius 1 is 1.12 bits per heavy atom. The second-order valence-electron chi connectivity index (χ2n) is 3.81. The largest absolute Gasteiger partial charge is 0.497 e. The molecule has 1 rings (SSSR count). The van der Waals surface area contributed by atoms with Crippen LogP contribution >= 0.6 is 0 Å². The van der Waals surface area contributed by atoms with Crippen LogP contribution in [-0.4, -0.2) is 34.6 Å². The van der Waals surface area contributed by atoms with Crippen molar-refractivity contribution in [2.45, 2.75) is 13.3 Å². The van der Waals surface area contributed by atoms with E-state index in [1.54, 1.807) is 21.3 Å². The number of nitrogens with one attached hydrogen (secondary N) is 1. The fraction of sp³-hybridized carbons (Fsp3) is 0.538. The van der Waals surface area contributed by atoms with Crippen molar-refractivity contribution in [1.82, 2.24) is 5.32 Å². The number of methoxy groups -OCH3 is 3. The predicted octanol–water partition coefficient (Wildman–Crippen LogP) is 1.75. The molecule has 0 saturated carbocycles. The summed E-state index contributed by atoms with van der Waals surface area (Å²) in [7, 11) is 5.01. The van der Waals surface area contributed by atoms with Crippen LogP contribution in [0.5, 0.6) is 11.5 Å². The van der Waals surface area contributed by atoms with Gasteiger partial charge in [0.2, 0.25) is 0 Å². The summed E-state index contributed by atoms with van der Waals surface area (Å²) in [6.45, 7) is 3.49. The number of hydrogen-bond acceptors (Lipinski definition) is 4. The summed E-state index contributed by atoms with van der Waals surface area (Å²) in [4.78, 5) is 0. The molecular weight excluding hydrogens is 218 g/mol. The molecule has 0 aliphatic heterocycles. The lowest BCUT2D eigenvalue weighted by atomic mass is 10.0. The maximum Gasteiger partial charge on any atom is 0.126 e. The second-order valence-corrected chi connectivity index (χ2v) is 3.81. The molecule has 0 aliphatic rings. The molecule has 4 nitrogen and oxygen atoms in total. The Balaban J connectivity index is 2.75. The zero-order valence-electron chi connectivity index (χ0n) is 11.0. The first-order chi connectivity index (χ1) is 8.22. The first-order valence-electron chi connectivity index (χ1n) is 5.64. The van der Waals surface area contributed by atoms with Crippen molar-refractivity contribution in [3.05, 3.63) is 23.3 Å². The van der Waals surface area contributed by atoms with E-state index in [1.165, 1.54) is 11.1 Å². The molecule has 0 aromatic heterocycles. The SMILES string of the molecule is COCNCCc1c(C)cc(OC)cc1OC. The second kappa shape index (κ2) is 7.14. The summed E-state index contributed by atoms with van der Waals surface area (Å²) in [6, 6.07) is 3.94. The van der Waals surface area contributed by atoms with Gasteiger partial charge in [-0.1, -0.05) is 0 Å². The quantitative estimate of drug-likeness (QED) is 0.581. The number of hydrogen-bond donors (Lipinski definition) is 1. The van der Waals surface area contributed by atoms with Crippen molar-refractivity contribution in [3.8, 4) is 11.5 Å². The molecular formula is C13H21NO3. The van der Waals surface area contributed by atoms with Crippen LogP contribution in [0.4, 0.5) is 0 Å². The van der Waals surface area contributed by atoms with Gasteiger partial charge in [-0.2, -0.15) is 0 Å². The van der Waals surface area contributed by atoms with Crippen LogP contribution < -0.4 is 14.8 Å². The minimum atomic E-state index is 0.567. The molecule has 17 heavy (non-hydrogen) atoms. The topological polar surface area (TPSA) is 39.7 Å². The lowest BCUT2D eigenvalue weighted by Gasteiger charge is -2.14. The van der Waals surface area contributed by atoms with E-state index in [1.807, 2.05) is 12.1 Å². The first-order valence-corrected chi connectivity index (χ1v) is 5.64. The average Bonchev–Trinajstić information content (AvgIpc) is 2.35. The van der Waals surface area contributed by atoms with Gasteiger partial charge in [-0.05, 0) is 30.5 Å². The molecule has 0 bridgehead atoms. The molecule has 0 amide bonds. The monoisotopic (exact) mass is 239 g/mol. The van der Waals surface area contributed by atoms with Gasteiger partial charge in [0.1, 0.15) is 11.5 Å². The van der Waals surface area contributed by atoms with E-state index in [-0.39, 0.29) is 0 Å². The van der Waals surface area contributed by atoms with E-state index in [0.717, 1.165) is 24.5 Å². The van der Waals surface area contributed by atoms with Crippen molar-refractivity contribution in [1.29, 1.82) is 0 Å². The van der Waals surface area contributed by atoms with Gasteiger partial charge in [-0.15, -0.1) is 0 Å². The minimum absolute atomic E-state index is 0.567. The van der Waals surface area contributed by atoms with Crippen LogP contribution in [0.2, 0.25) is 0 Å². The summed E-state index contributed by atoms with van der Waals surface area (Å²) in [5.74, 6) is 1.70. The fourth-order valence-electron chi connectivity index (χ4n) is 1.76. The van der Waals surface area contributed by atoms with E-state index in [9.17, 15) is 0 Å². The van der Waals surface area contributed by atoms with Gasteiger partial charge in [0, 0.05) is 19.7 Å². The lowest BCUT2D eigenvalue weighted by Crippen LogP contribution is -2.20. The summed E-state index contributed by atoms with van der Waals surface area (Å²) in [5.41, 5.74) is 2.39. The molecule has 0 saturated heterocycles. The van der Waals surface area contributed by atoms with E-state index >= 15 is 0 Å². The summed E-state index contributed by atoms with van der Waals surface area (Å²) < 4.78 is 15.5. The van der Waals surface area contributed by atoms with Gasteiger partial charge in [0.15, 0.2) is 0 Å². The zero-order chi connectivity index (χ0) is 12.7. The van der Waals surface area contributed by atoms with Crippen molar-refractivity contribution in [2.75, 3.05) is 34.6 Å². The van der Waals surface area contributed by atoms with E-state index < -0.39 is 0 Å². The van der Waals surface area contributed by atoms with Crippen LogP contribution in [0, 0.1) is 6.92 Å². The molecule has 1 aromatic carbocycles. The number of rotatable bonds is 7. The van der Waals surface area contributed by atoms with Gasteiger partial charge in [-0.25, -0.2) is 0 Å². The van der Waals surface area contributed by atoms with Crippen molar-refractivity contribution in [3.63, 3.8) is 0 Å². The highest BCUT2D eigenvalue weighted by molar-refractivity contribution is 5.46. The summed E-state index contributed by atoms with van der Waals surface area (Å²) in [6.07, 6.45) is 0.905. The molecule has 0 aliphatic carbocycles. The van der Waals surface area contributed by atoms with Crippen LogP contribution in [0.15, 0.2) is 12.1 Å². The van der Waals surface area contributed by atoms with Crippen LogP contribution in [0.25, 0.3) is 0 Å². The molecule has 0 spiro atoms. The molecule has 0 fully saturated rings. The highest BCUT2D eigenvalue weighted by Crippen LogP contribution is 2.28. The normalized spacial score (nSPS) is 10.4. The standard InChI is InChI=1S/C13H21NO3/c1-10-7-11(16-3)8-13(17-4)12(10)5-6-14-9-15-2/h7-8,14H,5-6,9H2,1-4H3. The molecule has 0 atom stereocenters. The maximum absolute atomic E-state index is 5.39. The van der Waals surface area contributed by atoms with Crippen molar-refractivity contribution < 1.29 is 14.2 Å². The van der Waals surface area contributed by atoms with Gasteiger partial charge in [0.05, 0.1) is 21.0 Å². The highest BCUT2D eigenvalue weighted by Gasteiger charge is 2.08. The summed E-state index contributed by atoms with van der Waals surface area (Å²) >= 11 is 0. The van der Waals surface area contributed by atoms with Crippen LogP contribution in [0.3, 0.4) is 0 Å². The molecule has 0 radical (unpaired) electrons. The zero-order valence-corrected chi connectivity index (χ0v) is 11.0. The first kappa shape index (κ1) is 13.8. The Hall–Kier alpha value is -1.26. The molecule has 1 N–H and O–H groups in total. The van der Waals surface area contributed by atoms with Gasteiger partial charge in [0.25, 0.3) is 0 Å². The molecule has 96 valence electrons. The van der Waals surface area contributed by atoms with Crippen molar-refractivity contribution >= 4 is 0 Å². The highest BCUT2D eigenvalue weighted by atomic mass is 16.5. The van der Waals surface area contributed by atoms with Crippen LogP contribution in [-0.2, 0) is 11.2 Å². The Bertz CT molecular complexity index is 353. The van der Waals surface area contributed by atoms with Crippen LogP contribution in [0.1, 0.15) is 11.1 Å². The van der Waals surface area contributed by atoms with E-state index in [0.29, 0.717) is 6.73 Å². The Labute approximate surface area is 103 Å². The molecule has 4 heteroatoms. The van der Waals surface area contributed by atoms with E-state index in [2.05, 4.69) is 12.2 Å². The maximum atomic E-state index is 5.39. The third-order valence-electron chi connectivity index (χ3n) is 2.66. The van der Waals surface area contributed by atoms with Gasteiger partial charge >= 0.3 is 0 Å². The molecule has 1 aromatic rings. The van der Waals surface area contributed by atoms with E-state index in [4.69, 9.17) is 14.2 Å². The number of ether oxygens (including phenoxy) is 3. The summed E-state index contributed by atoms with van der Waals surface area (Å²) in [5, 5.41) is 3.18. The van der Waals surface area contributed by atoms with Gasteiger partial charge in [-0.3, -0.25) is 5.32 Å². The predicted molar refractivity (Wildman–Crippen MR) is 67.9 cm³/mol. The van der Waals surface area contributed by atoms with Crippen molar-refractivity contribution in [2.24, 2.45) is 0 Å². The Kier molecular flexibility index (Phi) is 5.80. The smallest absolute Gasteiger partial charge is 0.126 e. The number of aryl methyl sites for hydroxylation is 1. The van der Waals surface area contributed by atoms with Gasteiger partial charge < -0.3 is 14.2 Å². The fourth-order valence-corrected chi connectivity index (χ4v) is 1.76. The Morgan fingerprint density at radius 3 is 2.47 bits per heavy atom. The minimum Gasteiger partial charge on any atom is -0.497 e. The molecule has 0 unspecified atom stereocenters. The Morgan fingerprint density at radius 2 is 1.88 bits per heavy atom. The number of benzene rings is 1.